The van der Waals surface area contributed by atoms with Gasteiger partial charge >= 0.3 is 0 Å². The topological polar surface area (TPSA) is 55.8 Å². The molecule has 4 aromatic carbocycles. The van der Waals surface area contributed by atoms with E-state index in [9.17, 15) is 9.59 Å². The number of ether oxygens (including phenoxy) is 2. The van der Waals surface area contributed by atoms with Crippen molar-refractivity contribution in [1.29, 1.82) is 0 Å². The molecule has 4 aromatic rings. The molecule has 1 heterocycles. The number of carbonyl (C=O) groups excluding carboxylic acids is 2. The molecule has 0 saturated carbocycles. The average Bonchev–Trinajstić information content (AvgIpc) is 3.16. The molecule has 0 aromatic heterocycles. The molecule has 1 saturated heterocycles. The zero-order chi connectivity index (χ0) is 26.6. The van der Waals surface area contributed by atoms with Gasteiger partial charge < -0.3 is 9.47 Å². The fourth-order valence-electron chi connectivity index (χ4n) is 4.10. The number of carbonyl (C=O) groups is 2. The van der Waals surface area contributed by atoms with Crippen LogP contribution in [0.4, 0.5) is 4.79 Å². The summed E-state index contributed by atoms with van der Waals surface area (Å²) in [5, 5.41) is 2.96. The van der Waals surface area contributed by atoms with Gasteiger partial charge in [-0.2, -0.15) is 0 Å². The third-order valence-electron chi connectivity index (χ3n) is 5.99. The number of hydrogen-bond acceptors (Lipinski definition) is 5. The third-order valence-corrected chi connectivity index (χ3v) is 7.49. The van der Waals surface area contributed by atoms with Crippen LogP contribution in [-0.2, 0) is 17.9 Å². The summed E-state index contributed by atoms with van der Waals surface area (Å²) >= 11 is 13.2. The van der Waals surface area contributed by atoms with Gasteiger partial charge in [0.2, 0.25) is 0 Å². The van der Waals surface area contributed by atoms with E-state index in [1.165, 1.54) is 4.90 Å². The molecular weight excluding hydrogens is 541 g/mol. The van der Waals surface area contributed by atoms with E-state index in [1.54, 1.807) is 30.3 Å². The summed E-state index contributed by atoms with van der Waals surface area (Å²) in [6.07, 6.45) is 1.70. The normalized spacial score (nSPS) is 14.5. The number of halogens is 2. The van der Waals surface area contributed by atoms with Gasteiger partial charge in [-0.1, -0.05) is 71.7 Å². The Labute approximate surface area is 234 Å². The second-order valence-corrected chi connectivity index (χ2v) is 10.4. The largest absolute Gasteiger partial charge is 0.490 e. The maximum atomic E-state index is 13.1. The fourth-order valence-corrected chi connectivity index (χ4v) is 5.40. The quantitative estimate of drug-likeness (QED) is 0.201. The molecule has 5 nitrogen and oxygen atoms in total. The first-order valence-corrected chi connectivity index (χ1v) is 13.5. The Kier molecular flexibility index (Phi) is 7.93. The Morgan fingerprint density at radius 2 is 1.68 bits per heavy atom. The number of imide groups is 1. The molecule has 0 unspecified atom stereocenters. The number of thioether (sulfide) groups is 1. The van der Waals surface area contributed by atoms with E-state index < -0.39 is 0 Å². The van der Waals surface area contributed by atoms with Crippen molar-refractivity contribution >= 4 is 63.0 Å². The van der Waals surface area contributed by atoms with E-state index in [1.807, 2.05) is 61.5 Å². The standard InChI is InChI=1S/C30H23Cl2NO4S/c1-2-36-27-14-19(8-12-26(27)37-18-23-10-11-24(31)16-25(23)32)15-28-29(34)33(30(35)38-28)17-20-7-9-21-5-3-4-6-22(21)13-20/h3-16H,2,17-18H2,1H3/b28-15-. The average molecular weight is 564 g/mol. The zero-order valence-corrected chi connectivity index (χ0v) is 22.8. The third kappa shape index (κ3) is 5.83. The van der Waals surface area contributed by atoms with Crippen LogP contribution >= 0.6 is 35.0 Å². The molecule has 0 bridgehead atoms. The lowest BCUT2D eigenvalue weighted by Gasteiger charge is -2.14. The first-order valence-electron chi connectivity index (χ1n) is 12.0. The van der Waals surface area contributed by atoms with Crippen LogP contribution in [-0.4, -0.2) is 22.7 Å². The second-order valence-electron chi connectivity index (χ2n) is 8.61. The highest BCUT2D eigenvalue weighted by atomic mass is 35.5. The van der Waals surface area contributed by atoms with Crippen LogP contribution in [0.15, 0.2) is 83.8 Å². The van der Waals surface area contributed by atoms with Gasteiger partial charge in [-0.3, -0.25) is 14.5 Å². The van der Waals surface area contributed by atoms with Crippen LogP contribution in [0.25, 0.3) is 16.8 Å². The fraction of sp³-hybridized carbons (Fsp3) is 0.133. The lowest BCUT2D eigenvalue weighted by molar-refractivity contribution is -0.123. The molecule has 0 radical (unpaired) electrons. The summed E-state index contributed by atoms with van der Waals surface area (Å²) in [5.74, 6) is 0.755. The van der Waals surface area contributed by atoms with Gasteiger partial charge in [-0.25, -0.2) is 0 Å². The predicted molar refractivity (Wildman–Crippen MR) is 154 cm³/mol. The first-order chi connectivity index (χ1) is 18.4. The molecule has 0 atom stereocenters. The van der Waals surface area contributed by atoms with Gasteiger partial charge in [-0.15, -0.1) is 0 Å². The van der Waals surface area contributed by atoms with Crippen molar-refractivity contribution < 1.29 is 19.1 Å². The number of benzene rings is 4. The summed E-state index contributed by atoms with van der Waals surface area (Å²) in [7, 11) is 0. The molecule has 0 spiro atoms. The molecule has 1 aliphatic heterocycles. The van der Waals surface area contributed by atoms with Crippen molar-refractivity contribution in [2.24, 2.45) is 0 Å². The van der Waals surface area contributed by atoms with Gasteiger partial charge in [0.25, 0.3) is 11.1 Å². The SMILES string of the molecule is CCOc1cc(/C=C2\SC(=O)N(Cc3ccc4ccccc4c3)C2=O)ccc1OCc1ccc(Cl)cc1Cl. The summed E-state index contributed by atoms with van der Waals surface area (Å²) < 4.78 is 11.8. The number of amides is 2. The smallest absolute Gasteiger partial charge is 0.293 e. The van der Waals surface area contributed by atoms with Gasteiger partial charge in [0, 0.05) is 15.6 Å². The Morgan fingerprint density at radius 3 is 2.47 bits per heavy atom. The van der Waals surface area contributed by atoms with Crippen LogP contribution in [0, 0.1) is 0 Å². The van der Waals surface area contributed by atoms with Gasteiger partial charge in [0.05, 0.1) is 18.1 Å². The number of hydrogen-bond donors (Lipinski definition) is 0. The maximum absolute atomic E-state index is 13.1. The highest BCUT2D eigenvalue weighted by molar-refractivity contribution is 8.18. The van der Waals surface area contributed by atoms with Crippen molar-refractivity contribution in [3.05, 3.63) is 111 Å². The molecule has 1 fully saturated rings. The lowest BCUT2D eigenvalue weighted by Crippen LogP contribution is -2.27. The molecule has 0 aliphatic carbocycles. The van der Waals surface area contributed by atoms with E-state index in [2.05, 4.69) is 0 Å². The summed E-state index contributed by atoms with van der Waals surface area (Å²) in [6.45, 7) is 2.77. The summed E-state index contributed by atoms with van der Waals surface area (Å²) in [5.41, 5.74) is 2.41. The van der Waals surface area contributed by atoms with Crippen LogP contribution < -0.4 is 9.47 Å². The Morgan fingerprint density at radius 1 is 0.868 bits per heavy atom. The highest BCUT2D eigenvalue weighted by Gasteiger charge is 2.35. The van der Waals surface area contributed by atoms with Crippen molar-refractivity contribution in [2.45, 2.75) is 20.1 Å². The Hall–Kier alpha value is -3.45. The monoisotopic (exact) mass is 563 g/mol. The highest BCUT2D eigenvalue weighted by Crippen LogP contribution is 2.36. The van der Waals surface area contributed by atoms with Crippen LogP contribution in [0.3, 0.4) is 0 Å². The zero-order valence-electron chi connectivity index (χ0n) is 20.4. The van der Waals surface area contributed by atoms with E-state index in [0.717, 1.165) is 39.2 Å². The molecule has 2 amide bonds. The van der Waals surface area contributed by atoms with Crippen LogP contribution in [0.2, 0.25) is 10.0 Å². The molecule has 8 heteroatoms. The van der Waals surface area contributed by atoms with E-state index in [-0.39, 0.29) is 24.3 Å². The van der Waals surface area contributed by atoms with Crippen molar-refractivity contribution in [2.75, 3.05) is 6.61 Å². The molecule has 5 rings (SSSR count). The molecule has 38 heavy (non-hydrogen) atoms. The van der Waals surface area contributed by atoms with Gasteiger partial charge in [0.1, 0.15) is 6.61 Å². The van der Waals surface area contributed by atoms with Crippen molar-refractivity contribution in [1.82, 2.24) is 4.90 Å². The first kappa shape index (κ1) is 26.2. The number of fused-ring (bicyclic) bond motifs is 1. The van der Waals surface area contributed by atoms with E-state index in [0.29, 0.717) is 33.1 Å². The minimum absolute atomic E-state index is 0.219. The van der Waals surface area contributed by atoms with Crippen LogP contribution in [0.5, 0.6) is 11.5 Å². The molecular formula is C30H23Cl2NO4S. The molecule has 192 valence electrons. The summed E-state index contributed by atoms with van der Waals surface area (Å²) in [4.78, 5) is 27.5. The number of rotatable bonds is 8. The lowest BCUT2D eigenvalue weighted by atomic mass is 10.1. The van der Waals surface area contributed by atoms with E-state index >= 15 is 0 Å². The maximum Gasteiger partial charge on any atom is 0.293 e. The predicted octanol–water partition coefficient (Wildman–Crippen LogP) is 8.36. The van der Waals surface area contributed by atoms with Crippen molar-refractivity contribution in [3.63, 3.8) is 0 Å². The van der Waals surface area contributed by atoms with Crippen molar-refractivity contribution in [3.8, 4) is 11.5 Å². The Balaban J connectivity index is 1.32. The number of nitrogens with zero attached hydrogens (tertiary/aromatic N) is 1. The minimum Gasteiger partial charge on any atom is -0.490 e. The minimum atomic E-state index is -0.316. The second kappa shape index (κ2) is 11.5. The Bertz CT molecular complexity index is 1570. The van der Waals surface area contributed by atoms with Gasteiger partial charge in [-0.05, 0) is 77.0 Å². The van der Waals surface area contributed by atoms with Crippen LogP contribution in [0.1, 0.15) is 23.6 Å². The van der Waals surface area contributed by atoms with Gasteiger partial charge in [0.15, 0.2) is 11.5 Å². The van der Waals surface area contributed by atoms with E-state index in [4.69, 9.17) is 32.7 Å². The summed E-state index contributed by atoms with van der Waals surface area (Å²) in [6, 6.07) is 24.6. The molecule has 0 N–H and O–H groups in total. The molecule has 1 aliphatic rings.